The molecule has 0 unspecified atom stereocenters. The molecule has 0 saturated heterocycles. The van der Waals surface area contributed by atoms with Crippen molar-refractivity contribution in [1.82, 2.24) is 0 Å². The number of rotatable bonds is 5. The van der Waals surface area contributed by atoms with Crippen molar-refractivity contribution in [3.05, 3.63) is 176 Å². The average Bonchev–Trinajstić information content (AvgIpc) is 3.75. The van der Waals surface area contributed by atoms with Gasteiger partial charge in [0, 0.05) is 27.2 Å². The van der Waals surface area contributed by atoms with E-state index in [-0.39, 0.29) is 0 Å². The highest BCUT2D eigenvalue weighted by molar-refractivity contribution is 6.18. The lowest BCUT2D eigenvalue weighted by Crippen LogP contribution is -2.10. The summed E-state index contributed by atoms with van der Waals surface area (Å²) < 4.78 is 13.5. The summed E-state index contributed by atoms with van der Waals surface area (Å²) in [6.45, 7) is 0. The van der Waals surface area contributed by atoms with Crippen LogP contribution in [0.5, 0.6) is 0 Å². The van der Waals surface area contributed by atoms with Crippen molar-refractivity contribution < 1.29 is 8.83 Å². The zero-order chi connectivity index (χ0) is 32.3. The third kappa shape index (κ3) is 4.37. The van der Waals surface area contributed by atoms with Gasteiger partial charge in [0.2, 0.25) is 0 Å². The predicted molar refractivity (Wildman–Crippen MR) is 204 cm³/mol. The highest BCUT2D eigenvalue weighted by atomic mass is 16.3. The van der Waals surface area contributed by atoms with Crippen LogP contribution in [-0.2, 0) is 0 Å². The normalized spacial score (nSPS) is 11.7. The lowest BCUT2D eigenvalue weighted by Gasteiger charge is -2.26. The van der Waals surface area contributed by atoms with E-state index in [0.29, 0.717) is 0 Å². The molecule has 230 valence electrons. The molecule has 0 radical (unpaired) electrons. The van der Waals surface area contributed by atoms with E-state index < -0.39 is 0 Å². The van der Waals surface area contributed by atoms with E-state index in [9.17, 15) is 0 Å². The second kappa shape index (κ2) is 11.0. The summed E-state index contributed by atoms with van der Waals surface area (Å²) in [6.07, 6.45) is 0. The molecule has 0 aliphatic rings. The Morgan fingerprint density at radius 3 is 1.78 bits per heavy atom. The number of furan rings is 2. The minimum Gasteiger partial charge on any atom is -0.454 e. The molecule has 0 atom stereocenters. The highest BCUT2D eigenvalue weighted by Gasteiger charge is 2.25. The van der Waals surface area contributed by atoms with Gasteiger partial charge in [-0.1, -0.05) is 140 Å². The second-order valence-corrected chi connectivity index (χ2v) is 12.5. The molecule has 0 bridgehead atoms. The van der Waals surface area contributed by atoms with E-state index in [1.807, 2.05) is 18.2 Å². The molecule has 0 N–H and O–H groups in total. The van der Waals surface area contributed by atoms with Crippen molar-refractivity contribution in [2.24, 2.45) is 0 Å². The van der Waals surface area contributed by atoms with Crippen LogP contribution in [0.3, 0.4) is 0 Å². The van der Waals surface area contributed by atoms with E-state index in [0.717, 1.165) is 77.6 Å². The molecule has 0 saturated carbocycles. The molecule has 2 heterocycles. The zero-order valence-corrected chi connectivity index (χ0v) is 26.5. The van der Waals surface area contributed by atoms with E-state index >= 15 is 0 Å². The fourth-order valence-corrected chi connectivity index (χ4v) is 7.43. The van der Waals surface area contributed by atoms with E-state index in [2.05, 4.69) is 163 Å². The molecule has 2 aromatic heterocycles. The first kappa shape index (κ1) is 27.5. The third-order valence-corrected chi connectivity index (χ3v) is 9.68. The minimum atomic E-state index is 0.828. The Morgan fingerprint density at radius 2 is 0.939 bits per heavy atom. The highest BCUT2D eigenvalue weighted by Crippen LogP contribution is 2.48. The zero-order valence-electron chi connectivity index (χ0n) is 26.5. The molecule has 0 spiro atoms. The Morgan fingerprint density at radius 1 is 0.347 bits per heavy atom. The van der Waals surface area contributed by atoms with Gasteiger partial charge in [-0.25, -0.2) is 0 Å². The molecule has 10 rings (SSSR count). The summed E-state index contributed by atoms with van der Waals surface area (Å²) in [5, 5.41) is 6.82. The number of para-hydroxylation sites is 3. The largest absolute Gasteiger partial charge is 0.454 e. The molecule has 0 aliphatic carbocycles. The molecular weight excluding hydrogens is 599 g/mol. The SMILES string of the molecule is c1ccc(-c2ccc(N(c3ccc(-c4cccc5ccccc45)cc3)c3cccc4c3oc3ccccc34)c3oc4ccccc4c23)cc1. The van der Waals surface area contributed by atoms with Crippen molar-refractivity contribution in [2.45, 2.75) is 0 Å². The maximum atomic E-state index is 6.81. The topological polar surface area (TPSA) is 29.5 Å². The van der Waals surface area contributed by atoms with Crippen molar-refractivity contribution >= 4 is 71.7 Å². The first-order valence-electron chi connectivity index (χ1n) is 16.6. The Hall–Kier alpha value is -6.58. The van der Waals surface area contributed by atoms with Crippen LogP contribution in [0.25, 0.3) is 76.9 Å². The summed E-state index contributed by atoms with van der Waals surface area (Å²) in [5.41, 5.74) is 10.9. The van der Waals surface area contributed by atoms with Gasteiger partial charge in [0.15, 0.2) is 11.2 Å². The summed E-state index contributed by atoms with van der Waals surface area (Å²) in [5.74, 6) is 0. The van der Waals surface area contributed by atoms with Crippen LogP contribution in [0.2, 0.25) is 0 Å². The van der Waals surface area contributed by atoms with Crippen LogP contribution in [0.15, 0.2) is 185 Å². The molecular formula is C46H29NO2. The standard InChI is InChI=1S/C46H29NO2/c1-2-12-31(13-3-1)36-28-29-41(46-44(36)39-18-7-9-23-43(39)49-46)47(40-21-11-20-38-37-17-6-8-22-42(37)48-45(38)40)33-26-24-32(25-27-33)35-19-10-15-30-14-4-5-16-34(30)35/h1-29H. The molecule has 0 fully saturated rings. The van der Waals surface area contributed by atoms with Gasteiger partial charge in [0.25, 0.3) is 0 Å². The average molecular weight is 628 g/mol. The fraction of sp³-hybridized carbons (Fsp3) is 0. The lowest BCUT2D eigenvalue weighted by atomic mass is 9.97. The molecule has 3 heteroatoms. The summed E-state index contributed by atoms with van der Waals surface area (Å²) in [7, 11) is 0. The Kier molecular flexibility index (Phi) is 6.18. The van der Waals surface area contributed by atoms with Gasteiger partial charge in [-0.3, -0.25) is 0 Å². The molecule has 10 aromatic rings. The third-order valence-electron chi connectivity index (χ3n) is 9.68. The summed E-state index contributed by atoms with van der Waals surface area (Å²) in [6, 6.07) is 61.8. The maximum absolute atomic E-state index is 6.81. The number of hydrogen-bond acceptors (Lipinski definition) is 3. The van der Waals surface area contributed by atoms with Crippen molar-refractivity contribution in [1.29, 1.82) is 0 Å². The fourth-order valence-electron chi connectivity index (χ4n) is 7.43. The maximum Gasteiger partial charge on any atom is 0.160 e. The second-order valence-electron chi connectivity index (χ2n) is 12.5. The van der Waals surface area contributed by atoms with E-state index in [1.54, 1.807) is 0 Å². The van der Waals surface area contributed by atoms with Gasteiger partial charge < -0.3 is 13.7 Å². The number of anilines is 3. The van der Waals surface area contributed by atoms with Crippen LogP contribution in [0, 0.1) is 0 Å². The Balaban J connectivity index is 1.25. The molecule has 3 nitrogen and oxygen atoms in total. The summed E-state index contributed by atoms with van der Waals surface area (Å²) >= 11 is 0. The van der Waals surface area contributed by atoms with Crippen molar-refractivity contribution in [3.8, 4) is 22.3 Å². The minimum absolute atomic E-state index is 0.828. The molecule has 0 aliphatic heterocycles. The van der Waals surface area contributed by atoms with Crippen LogP contribution in [0.1, 0.15) is 0 Å². The van der Waals surface area contributed by atoms with Gasteiger partial charge in [0.1, 0.15) is 11.2 Å². The Labute approximate surface area is 282 Å². The molecule has 8 aromatic carbocycles. The van der Waals surface area contributed by atoms with Gasteiger partial charge >= 0.3 is 0 Å². The summed E-state index contributed by atoms with van der Waals surface area (Å²) in [4.78, 5) is 2.29. The van der Waals surface area contributed by atoms with Crippen molar-refractivity contribution in [2.75, 3.05) is 4.90 Å². The van der Waals surface area contributed by atoms with Gasteiger partial charge in [-0.15, -0.1) is 0 Å². The number of benzene rings is 8. The number of fused-ring (bicyclic) bond motifs is 7. The molecule has 0 amide bonds. The van der Waals surface area contributed by atoms with Crippen LogP contribution < -0.4 is 4.90 Å². The van der Waals surface area contributed by atoms with Gasteiger partial charge in [-0.2, -0.15) is 0 Å². The van der Waals surface area contributed by atoms with Crippen LogP contribution >= 0.6 is 0 Å². The molecule has 49 heavy (non-hydrogen) atoms. The monoisotopic (exact) mass is 627 g/mol. The van der Waals surface area contributed by atoms with Gasteiger partial charge in [0.05, 0.1) is 11.4 Å². The van der Waals surface area contributed by atoms with E-state index in [4.69, 9.17) is 8.83 Å². The van der Waals surface area contributed by atoms with Crippen molar-refractivity contribution in [3.63, 3.8) is 0 Å². The number of hydrogen-bond donors (Lipinski definition) is 0. The first-order valence-corrected chi connectivity index (χ1v) is 16.6. The van der Waals surface area contributed by atoms with E-state index in [1.165, 1.54) is 16.3 Å². The Bertz CT molecular complexity index is 2820. The van der Waals surface area contributed by atoms with Gasteiger partial charge in [-0.05, 0) is 69.4 Å². The lowest BCUT2D eigenvalue weighted by molar-refractivity contribution is 0.666. The number of nitrogens with zero attached hydrogens (tertiary/aromatic N) is 1. The van der Waals surface area contributed by atoms with Crippen LogP contribution in [0.4, 0.5) is 17.1 Å². The quantitative estimate of drug-likeness (QED) is 0.190. The van der Waals surface area contributed by atoms with Crippen LogP contribution in [-0.4, -0.2) is 0 Å². The predicted octanol–water partition coefficient (Wildman–Crippen LogP) is 13.4. The first-order chi connectivity index (χ1) is 24.3. The smallest absolute Gasteiger partial charge is 0.160 e.